The molecule has 0 unspecified atom stereocenters. The smallest absolute Gasteiger partial charge is 0.414 e. The molecule has 2 N–H and O–H groups in total. The number of hydrogen-bond acceptors (Lipinski definition) is 5. The normalized spacial score (nSPS) is 28.6. The summed E-state index contributed by atoms with van der Waals surface area (Å²) in [4.78, 5) is 24.0. The van der Waals surface area contributed by atoms with E-state index in [4.69, 9.17) is 9.47 Å². The number of rotatable bonds is 7. The number of anilines is 1. The molecule has 0 aliphatic carbocycles. The van der Waals surface area contributed by atoms with Crippen LogP contribution in [0.5, 0.6) is 0 Å². The molecule has 0 aromatic heterocycles. The van der Waals surface area contributed by atoms with E-state index in [1.807, 2.05) is 37.4 Å². The van der Waals surface area contributed by atoms with Crippen LogP contribution >= 0.6 is 0 Å². The number of aliphatic hydroxyl groups is 1. The zero-order chi connectivity index (χ0) is 19.6. The first-order valence-electron chi connectivity index (χ1n) is 9.83. The lowest BCUT2D eigenvalue weighted by Crippen LogP contribution is -2.40. The Hall–Kier alpha value is -1.41. The average Bonchev–Trinajstić information content (AvgIpc) is 3.17. The molecule has 0 saturated carbocycles. The minimum atomic E-state index is -2.35. The molecule has 0 spiro atoms. The fraction of sp³-hybridized carbons (Fsp3) is 0.650. The van der Waals surface area contributed by atoms with Crippen LogP contribution in [0.15, 0.2) is 24.3 Å². The van der Waals surface area contributed by atoms with E-state index < -0.39 is 8.32 Å². The molecule has 0 bridgehead atoms. The van der Waals surface area contributed by atoms with Gasteiger partial charge in [-0.1, -0.05) is 19.1 Å². The van der Waals surface area contributed by atoms with Crippen molar-refractivity contribution in [2.75, 3.05) is 24.7 Å². The molecule has 2 aliphatic rings. The first kappa shape index (κ1) is 20.3. The summed E-state index contributed by atoms with van der Waals surface area (Å²) < 4.78 is 11.2. The number of benzene rings is 1. The molecule has 2 aliphatic heterocycles. The number of cyclic esters (lactones) is 1. The zero-order valence-electron chi connectivity index (χ0n) is 16.4. The first-order chi connectivity index (χ1) is 12.8. The molecule has 150 valence electrons. The molecule has 27 heavy (non-hydrogen) atoms. The van der Waals surface area contributed by atoms with Crippen LogP contribution in [0.3, 0.4) is 0 Å². The molecule has 7 heteroatoms. The van der Waals surface area contributed by atoms with Gasteiger partial charge in [0.2, 0.25) is 0 Å². The summed E-state index contributed by atoms with van der Waals surface area (Å²) in [6.45, 7) is 7.22. The van der Waals surface area contributed by atoms with Crippen molar-refractivity contribution in [2.45, 2.75) is 57.0 Å². The van der Waals surface area contributed by atoms with Crippen LogP contribution in [-0.2, 0) is 15.9 Å². The Morgan fingerprint density at radius 1 is 1.19 bits per heavy atom. The lowest BCUT2D eigenvalue weighted by atomic mass is 9.95. The van der Waals surface area contributed by atoms with Crippen molar-refractivity contribution in [1.29, 1.82) is 0 Å². The highest BCUT2D eigenvalue weighted by atomic mass is 28.4. The van der Waals surface area contributed by atoms with Crippen LogP contribution in [0.1, 0.15) is 25.3 Å². The van der Waals surface area contributed by atoms with Crippen LogP contribution in [-0.4, -0.2) is 56.3 Å². The van der Waals surface area contributed by atoms with Gasteiger partial charge in [0.05, 0.1) is 18.8 Å². The first-order valence-corrected chi connectivity index (χ1v) is 12.9. The lowest BCUT2D eigenvalue weighted by molar-refractivity contribution is 0.0192. The third-order valence-electron chi connectivity index (χ3n) is 5.86. The van der Waals surface area contributed by atoms with Gasteiger partial charge in [-0.25, -0.2) is 4.79 Å². The van der Waals surface area contributed by atoms with Gasteiger partial charge in [-0.2, -0.15) is 0 Å². The Morgan fingerprint density at radius 2 is 1.89 bits per heavy atom. The van der Waals surface area contributed by atoms with Crippen LogP contribution in [0.25, 0.3) is 0 Å². The Balaban J connectivity index is 1.60. The number of aryl methyl sites for hydroxylation is 1. The Kier molecular flexibility index (Phi) is 6.25. The van der Waals surface area contributed by atoms with Crippen LogP contribution in [0, 0.1) is 5.92 Å². The second-order valence-corrected chi connectivity index (χ2v) is 12.2. The van der Waals surface area contributed by atoms with Crippen LogP contribution in [0.4, 0.5) is 10.5 Å². The predicted octanol–water partition coefficient (Wildman–Crippen LogP) is 2.93. The Morgan fingerprint density at radius 3 is 2.44 bits per heavy atom. The van der Waals surface area contributed by atoms with Crippen molar-refractivity contribution in [3.05, 3.63) is 29.8 Å². The summed E-state index contributed by atoms with van der Waals surface area (Å²) in [6, 6.07) is 8.02. The van der Waals surface area contributed by atoms with Gasteiger partial charge in [0.25, 0.3) is 0 Å². The van der Waals surface area contributed by atoms with E-state index in [0.717, 1.165) is 18.5 Å². The van der Waals surface area contributed by atoms with Gasteiger partial charge in [0.1, 0.15) is 6.61 Å². The summed E-state index contributed by atoms with van der Waals surface area (Å²) in [5.41, 5.74) is 2.21. The van der Waals surface area contributed by atoms with Crippen molar-refractivity contribution in [3.8, 4) is 0 Å². The van der Waals surface area contributed by atoms with Crippen LogP contribution in [0.2, 0.25) is 18.6 Å². The summed E-state index contributed by atoms with van der Waals surface area (Å²) in [7, 11) is -2.35. The molecular formula is C20H31NO5Si. The largest absolute Gasteiger partial charge is 0.447 e. The summed E-state index contributed by atoms with van der Waals surface area (Å²) in [6.07, 6.45) is 2.11. The molecule has 2 saturated heterocycles. The topological polar surface area (TPSA) is 79.2 Å². The number of aliphatic hydroxyl groups excluding tert-OH is 1. The summed E-state index contributed by atoms with van der Waals surface area (Å²) in [5.74, 6) is 0.284. The molecule has 6 nitrogen and oxygen atoms in total. The van der Waals surface area contributed by atoms with Gasteiger partial charge >= 0.3 is 6.09 Å². The number of carbonyl (C=O) groups excluding carboxylic acids is 1. The molecule has 1 aromatic rings. The van der Waals surface area contributed by atoms with Gasteiger partial charge in [-0.05, 0) is 56.0 Å². The van der Waals surface area contributed by atoms with E-state index >= 15 is 0 Å². The maximum atomic E-state index is 11.6. The van der Waals surface area contributed by atoms with Crippen molar-refractivity contribution >= 4 is 20.1 Å². The molecule has 1 aromatic carbocycles. The Labute approximate surface area is 162 Å². The van der Waals surface area contributed by atoms with Gasteiger partial charge in [0, 0.05) is 17.8 Å². The highest BCUT2D eigenvalue weighted by Gasteiger charge is 2.49. The van der Waals surface area contributed by atoms with Crippen molar-refractivity contribution < 1.29 is 24.2 Å². The highest BCUT2D eigenvalue weighted by Crippen LogP contribution is 2.45. The second kappa shape index (κ2) is 8.30. The van der Waals surface area contributed by atoms with E-state index in [0.29, 0.717) is 19.6 Å². The third kappa shape index (κ3) is 4.54. The average molecular weight is 394 g/mol. The van der Waals surface area contributed by atoms with E-state index in [-0.39, 0.29) is 36.4 Å². The highest BCUT2D eigenvalue weighted by molar-refractivity contribution is 6.71. The van der Waals surface area contributed by atoms with E-state index in [1.165, 1.54) is 5.56 Å². The maximum Gasteiger partial charge on any atom is 0.414 e. The second-order valence-electron chi connectivity index (χ2n) is 8.23. The lowest BCUT2D eigenvalue weighted by Gasteiger charge is -2.30. The van der Waals surface area contributed by atoms with E-state index in [2.05, 4.69) is 6.92 Å². The minimum Gasteiger partial charge on any atom is -0.447 e. The van der Waals surface area contributed by atoms with Crippen LogP contribution < -0.4 is 4.90 Å². The van der Waals surface area contributed by atoms with E-state index in [9.17, 15) is 14.7 Å². The third-order valence-corrected chi connectivity index (χ3v) is 8.39. The Bertz CT molecular complexity index is 645. The molecule has 2 heterocycles. The maximum absolute atomic E-state index is 11.6. The van der Waals surface area contributed by atoms with Gasteiger partial charge in [-0.15, -0.1) is 0 Å². The van der Waals surface area contributed by atoms with Gasteiger partial charge in [-0.3, -0.25) is 4.90 Å². The monoisotopic (exact) mass is 393 g/mol. The number of hydrogen-bond donors (Lipinski definition) is 2. The number of ether oxygens (including phenoxy) is 2. The van der Waals surface area contributed by atoms with Gasteiger partial charge < -0.3 is 19.4 Å². The molecule has 3 rings (SSSR count). The quantitative estimate of drug-likeness (QED) is 0.697. The number of amides is 1. The van der Waals surface area contributed by atoms with E-state index in [1.54, 1.807) is 4.90 Å². The fourth-order valence-electron chi connectivity index (χ4n) is 4.59. The molecule has 2 fully saturated rings. The predicted molar refractivity (Wildman–Crippen MR) is 106 cm³/mol. The van der Waals surface area contributed by atoms with Crippen molar-refractivity contribution in [3.63, 3.8) is 0 Å². The van der Waals surface area contributed by atoms with Gasteiger partial charge in [0.15, 0.2) is 8.32 Å². The zero-order valence-corrected chi connectivity index (χ0v) is 17.4. The number of nitrogens with zero attached hydrogens (tertiary/aromatic N) is 1. The number of carbonyl (C=O) groups is 1. The molecule has 0 radical (unpaired) electrons. The SMILES string of the molecule is C[C@H]1[C@H]([Si](C)(C)O)[C@@H](CCO)O[C@H]1CCc1ccc(N2CCOC2=O)cc1. The molecule has 4 atom stereocenters. The minimum absolute atomic E-state index is 0.0507. The molecule has 1 amide bonds. The fourth-order valence-corrected chi connectivity index (χ4v) is 7.24. The van der Waals surface area contributed by atoms with Crippen molar-refractivity contribution in [2.24, 2.45) is 5.92 Å². The summed E-state index contributed by atoms with van der Waals surface area (Å²) in [5, 5.41) is 9.34. The van der Waals surface area contributed by atoms with Crippen molar-refractivity contribution in [1.82, 2.24) is 0 Å². The standard InChI is InChI=1S/C20H31NO5Si/c1-14-17(26-18(10-12-22)19(14)27(2,3)24)9-6-15-4-7-16(8-5-15)21-11-13-25-20(21)23/h4-5,7-8,14,17-19,22,24H,6,9-13H2,1-3H3/t14-,17+,18-,19+/m1/s1. The summed E-state index contributed by atoms with van der Waals surface area (Å²) >= 11 is 0. The molecular weight excluding hydrogens is 362 g/mol.